The highest BCUT2D eigenvalue weighted by atomic mass is 16.5. The largest absolute Gasteiger partial charge is 0.493 e. The van der Waals surface area contributed by atoms with Crippen molar-refractivity contribution in [3.05, 3.63) is 70.8 Å². The lowest BCUT2D eigenvalue weighted by atomic mass is 9.92. The van der Waals surface area contributed by atoms with E-state index in [4.69, 9.17) is 9.47 Å². The van der Waals surface area contributed by atoms with Gasteiger partial charge in [-0.1, -0.05) is 91.8 Å². The molecule has 36 heavy (non-hydrogen) atoms. The number of hydrogen-bond donors (Lipinski definition) is 2. The second-order valence-corrected chi connectivity index (χ2v) is 10.7. The molecule has 4 heteroatoms. The normalized spacial score (nSPS) is 11.5. The Morgan fingerprint density at radius 1 is 0.500 bits per heavy atom. The molecule has 0 fully saturated rings. The maximum Gasteiger partial charge on any atom is 0.162 e. The summed E-state index contributed by atoms with van der Waals surface area (Å²) in [5.74, 6) is 2.93. The van der Waals surface area contributed by atoms with Crippen molar-refractivity contribution in [2.75, 3.05) is 24.9 Å². The predicted octanol–water partition coefficient (Wildman–Crippen LogP) is 9.68. The quantitative estimate of drug-likeness (QED) is 0.298. The molecule has 0 radical (unpaired) electrons. The van der Waals surface area contributed by atoms with Gasteiger partial charge in [-0.25, -0.2) is 0 Å². The predicted molar refractivity (Wildman–Crippen MR) is 155 cm³/mol. The lowest BCUT2D eigenvalue weighted by Crippen LogP contribution is -2.08. The third kappa shape index (κ3) is 5.80. The summed E-state index contributed by atoms with van der Waals surface area (Å²) in [5.41, 5.74) is 9.43. The zero-order valence-corrected chi connectivity index (χ0v) is 23.7. The molecule has 0 bridgehead atoms. The molecule has 3 aromatic rings. The molecule has 0 saturated carbocycles. The Bertz CT molecular complexity index is 1030. The Kier molecular flexibility index (Phi) is 8.94. The number of rotatable bonds is 10. The maximum absolute atomic E-state index is 5.71. The van der Waals surface area contributed by atoms with Crippen molar-refractivity contribution in [3.8, 4) is 11.5 Å². The van der Waals surface area contributed by atoms with E-state index in [0.29, 0.717) is 35.2 Å². The molecule has 194 valence electrons. The van der Waals surface area contributed by atoms with Gasteiger partial charge in [-0.3, -0.25) is 0 Å². The summed E-state index contributed by atoms with van der Waals surface area (Å²) in [6.07, 6.45) is 0. The van der Waals surface area contributed by atoms with Gasteiger partial charge < -0.3 is 20.1 Å². The van der Waals surface area contributed by atoms with Gasteiger partial charge in [-0.2, -0.15) is 0 Å². The van der Waals surface area contributed by atoms with Crippen LogP contribution in [0.2, 0.25) is 0 Å². The van der Waals surface area contributed by atoms with E-state index >= 15 is 0 Å². The lowest BCUT2D eigenvalue weighted by Gasteiger charge is -2.25. The van der Waals surface area contributed by atoms with Crippen LogP contribution < -0.4 is 20.1 Å². The Morgan fingerprint density at radius 2 is 0.778 bits per heavy atom. The lowest BCUT2D eigenvalue weighted by molar-refractivity contribution is 0.355. The fourth-order valence-corrected chi connectivity index (χ4v) is 4.75. The van der Waals surface area contributed by atoms with Crippen molar-refractivity contribution >= 4 is 22.7 Å². The first-order valence-corrected chi connectivity index (χ1v) is 13.1. The summed E-state index contributed by atoms with van der Waals surface area (Å²) in [6, 6.07) is 17.3. The first kappa shape index (κ1) is 27.4. The molecule has 4 nitrogen and oxygen atoms in total. The number of hydrogen-bond acceptors (Lipinski definition) is 4. The zero-order valence-electron chi connectivity index (χ0n) is 23.7. The average molecular weight is 489 g/mol. The van der Waals surface area contributed by atoms with Crippen LogP contribution in [0.1, 0.15) is 101 Å². The first-order valence-electron chi connectivity index (χ1n) is 13.1. The van der Waals surface area contributed by atoms with Gasteiger partial charge in [0.15, 0.2) is 11.5 Å². The summed E-state index contributed by atoms with van der Waals surface area (Å²) in [7, 11) is 3.36. The van der Waals surface area contributed by atoms with E-state index < -0.39 is 0 Å². The summed E-state index contributed by atoms with van der Waals surface area (Å²) < 4.78 is 11.4. The van der Waals surface area contributed by atoms with Gasteiger partial charge in [0.25, 0.3) is 0 Å². The molecule has 0 heterocycles. The summed E-state index contributed by atoms with van der Waals surface area (Å²) in [6.45, 7) is 17.9. The van der Waals surface area contributed by atoms with E-state index in [-0.39, 0.29) is 0 Å². The van der Waals surface area contributed by atoms with Crippen LogP contribution in [-0.4, -0.2) is 14.2 Å². The topological polar surface area (TPSA) is 42.5 Å². The minimum absolute atomic E-state index is 0.386. The molecule has 3 rings (SSSR count). The molecule has 2 N–H and O–H groups in total. The number of para-hydroxylation sites is 2. The van der Waals surface area contributed by atoms with Gasteiger partial charge in [0.05, 0.1) is 25.6 Å². The van der Waals surface area contributed by atoms with Crippen molar-refractivity contribution in [1.29, 1.82) is 0 Å². The Labute approximate surface area is 218 Å². The fraction of sp³-hybridized carbons (Fsp3) is 0.438. The standard InChI is InChI=1S/C32H44N2O2/c1-19(2)23-13-11-14-24(20(3)4)31(23)33-27-17-29(35-9)30(36-10)18-28(27)34-32-25(21(5)6)15-12-16-26(32)22(7)8/h11-22,33-34H,1-10H3. The molecule has 0 spiro atoms. The fourth-order valence-electron chi connectivity index (χ4n) is 4.75. The van der Waals surface area contributed by atoms with E-state index in [2.05, 4.69) is 102 Å². The van der Waals surface area contributed by atoms with Crippen molar-refractivity contribution in [2.45, 2.75) is 79.1 Å². The van der Waals surface area contributed by atoms with Crippen LogP contribution in [0, 0.1) is 0 Å². The second-order valence-electron chi connectivity index (χ2n) is 10.7. The molecule has 0 aromatic heterocycles. The minimum Gasteiger partial charge on any atom is -0.493 e. The molecule has 0 amide bonds. The molecule has 3 aromatic carbocycles. The number of anilines is 4. The van der Waals surface area contributed by atoms with Crippen molar-refractivity contribution in [1.82, 2.24) is 0 Å². The summed E-state index contributed by atoms with van der Waals surface area (Å²) >= 11 is 0. The number of methoxy groups -OCH3 is 2. The first-order chi connectivity index (χ1) is 17.1. The van der Waals surface area contributed by atoms with Crippen molar-refractivity contribution in [3.63, 3.8) is 0 Å². The Hall–Kier alpha value is -3.14. The summed E-state index contributed by atoms with van der Waals surface area (Å²) in [5, 5.41) is 7.64. The van der Waals surface area contributed by atoms with Crippen molar-refractivity contribution < 1.29 is 9.47 Å². The van der Waals surface area contributed by atoms with Gasteiger partial charge in [-0.15, -0.1) is 0 Å². The smallest absolute Gasteiger partial charge is 0.162 e. The van der Waals surface area contributed by atoms with Crippen molar-refractivity contribution in [2.24, 2.45) is 0 Å². The SMILES string of the molecule is COc1cc(Nc2c(C(C)C)cccc2C(C)C)c(Nc2c(C(C)C)cccc2C(C)C)cc1OC. The van der Waals surface area contributed by atoms with Gasteiger partial charge >= 0.3 is 0 Å². The van der Waals surface area contributed by atoms with Crippen LogP contribution in [0.5, 0.6) is 11.5 Å². The number of nitrogens with one attached hydrogen (secondary N) is 2. The van der Waals surface area contributed by atoms with Gasteiger partial charge in [-0.05, 0) is 45.9 Å². The van der Waals surface area contributed by atoms with Gasteiger partial charge in [0.2, 0.25) is 0 Å². The second kappa shape index (κ2) is 11.7. The van der Waals surface area contributed by atoms with E-state index in [0.717, 1.165) is 11.4 Å². The molecule has 0 unspecified atom stereocenters. The maximum atomic E-state index is 5.71. The third-order valence-corrected chi connectivity index (χ3v) is 6.79. The monoisotopic (exact) mass is 488 g/mol. The third-order valence-electron chi connectivity index (χ3n) is 6.79. The molecular formula is C32H44N2O2. The highest BCUT2D eigenvalue weighted by molar-refractivity contribution is 5.85. The Balaban J connectivity index is 2.24. The molecule has 0 aliphatic heterocycles. The van der Waals surface area contributed by atoms with E-state index in [1.54, 1.807) is 14.2 Å². The van der Waals surface area contributed by atoms with Crippen LogP contribution >= 0.6 is 0 Å². The zero-order chi connectivity index (χ0) is 26.6. The minimum atomic E-state index is 0.386. The number of ether oxygens (including phenoxy) is 2. The van der Waals surface area contributed by atoms with Gasteiger partial charge in [0.1, 0.15) is 0 Å². The molecule has 0 saturated heterocycles. The molecule has 0 aliphatic carbocycles. The molecule has 0 aliphatic rings. The van der Waals surface area contributed by atoms with Crippen LogP contribution in [0.3, 0.4) is 0 Å². The number of benzene rings is 3. The van der Waals surface area contributed by atoms with E-state index in [1.165, 1.54) is 33.6 Å². The van der Waals surface area contributed by atoms with E-state index in [9.17, 15) is 0 Å². The van der Waals surface area contributed by atoms with Gasteiger partial charge in [0, 0.05) is 23.5 Å². The highest BCUT2D eigenvalue weighted by Gasteiger charge is 2.20. The summed E-state index contributed by atoms with van der Waals surface area (Å²) in [4.78, 5) is 0. The molecule has 0 atom stereocenters. The van der Waals surface area contributed by atoms with Crippen LogP contribution in [-0.2, 0) is 0 Å². The average Bonchev–Trinajstić information content (AvgIpc) is 2.84. The van der Waals surface area contributed by atoms with E-state index in [1.807, 2.05) is 12.1 Å². The highest BCUT2D eigenvalue weighted by Crippen LogP contribution is 2.44. The molecular weight excluding hydrogens is 444 g/mol. The Morgan fingerprint density at radius 3 is 1.00 bits per heavy atom. The van der Waals surface area contributed by atoms with Crippen LogP contribution in [0.25, 0.3) is 0 Å². The van der Waals surface area contributed by atoms with Crippen LogP contribution in [0.4, 0.5) is 22.7 Å². The van der Waals surface area contributed by atoms with Crippen LogP contribution in [0.15, 0.2) is 48.5 Å².